The molecule has 0 unspecified atom stereocenters. The molecule has 7 heteroatoms. The Kier molecular flexibility index (Phi) is 5.23. The predicted octanol–water partition coefficient (Wildman–Crippen LogP) is 2.18. The second-order valence-electron chi connectivity index (χ2n) is 5.71. The van der Waals surface area contributed by atoms with E-state index in [1.54, 1.807) is 11.7 Å². The molecule has 0 fully saturated rings. The number of nitrogens with zero attached hydrogens (tertiary/aromatic N) is 4. The number of aryl methyl sites for hydroxylation is 3. The second-order valence-corrected chi connectivity index (χ2v) is 5.71. The zero-order chi connectivity index (χ0) is 17.9. The van der Waals surface area contributed by atoms with E-state index >= 15 is 0 Å². The number of anilines is 1. The van der Waals surface area contributed by atoms with Gasteiger partial charge in [-0.3, -0.25) is 14.8 Å². The second kappa shape index (κ2) is 7.16. The molecule has 2 heterocycles. The van der Waals surface area contributed by atoms with Crippen LogP contribution < -0.4 is 11.5 Å². The molecule has 0 aliphatic carbocycles. The lowest BCUT2D eigenvalue weighted by atomic mass is 10.1. The number of nitrogen functional groups attached to an aromatic ring is 1. The topological polar surface area (TPSA) is 111 Å². The van der Waals surface area contributed by atoms with E-state index in [2.05, 4.69) is 26.9 Å². The first-order chi connectivity index (χ1) is 11.4. The van der Waals surface area contributed by atoms with E-state index in [0.717, 1.165) is 23.4 Å². The molecular formula is C17H25N7. The summed E-state index contributed by atoms with van der Waals surface area (Å²) in [5.41, 5.74) is 17.2. The zero-order valence-electron chi connectivity index (χ0n) is 14.7. The standard InChI is InChI=1S/C17H25N7/c1-6-9-20-16(18)14-15(23-24(5)17(14)19)10(2)7-8-13-11(3)21-22-12(13)4/h7-8H,2,6,9,19H2,1,3-5H3,(H2,18,20)(H,21,22)/b8-7-. The molecule has 2 rings (SSSR count). The summed E-state index contributed by atoms with van der Waals surface area (Å²) in [5, 5.41) is 11.6. The van der Waals surface area contributed by atoms with Crippen LogP contribution in [0.1, 0.15) is 41.6 Å². The van der Waals surface area contributed by atoms with Crippen LogP contribution in [-0.2, 0) is 7.05 Å². The fourth-order valence-electron chi connectivity index (χ4n) is 2.39. The van der Waals surface area contributed by atoms with E-state index in [0.29, 0.717) is 35.0 Å². The summed E-state index contributed by atoms with van der Waals surface area (Å²) in [6.45, 7) is 10.7. The van der Waals surface area contributed by atoms with Crippen molar-refractivity contribution in [3.63, 3.8) is 0 Å². The van der Waals surface area contributed by atoms with Gasteiger partial charge in [-0.25, -0.2) is 0 Å². The summed E-state index contributed by atoms with van der Waals surface area (Å²) in [6, 6.07) is 0. The van der Waals surface area contributed by atoms with Crippen molar-refractivity contribution < 1.29 is 0 Å². The van der Waals surface area contributed by atoms with E-state index in [1.165, 1.54) is 0 Å². The van der Waals surface area contributed by atoms with E-state index in [-0.39, 0.29) is 0 Å². The molecule has 7 nitrogen and oxygen atoms in total. The molecule has 2 aromatic rings. The summed E-state index contributed by atoms with van der Waals surface area (Å²) < 4.78 is 1.59. The molecule has 0 bridgehead atoms. The van der Waals surface area contributed by atoms with Gasteiger partial charge in [0.25, 0.3) is 0 Å². The monoisotopic (exact) mass is 327 g/mol. The van der Waals surface area contributed by atoms with E-state index in [1.807, 2.05) is 32.9 Å². The van der Waals surface area contributed by atoms with Crippen LogP contribution in [-0.4, -0.2) is 32.4 Å². The molecule has 128 valence electrons. The van der Waals surface area contributed by atoms with Gasteiger partial charge in [-0.2, -0.15) is 10.2 Å². The minimum atomic E-state index is 0.391. The minimum absolute atomic E-state index is 0.391. The lowest BCUT2D eigenvalue weighted by molar-refractivity contribution is 0.774. The van der Waals surface area contributed by atoms with Crippen LogP contribution in [0.2, 0.25) is 0 Å². The van der Waals surface area contributed by atoms with E-state index in [4.69, 9.17) is 11.5 Å². The fourth-order valence-corrected chi connectivity index (χ4v) is 2.39. The summed E-state index contributed by atoms with van der Waals surface area (Å²) in [4.78, 5) is 4.35. The van der Waals surface area contributed by atoms with Gasteiger partial charge in [-0.15, -0.1) is 0 Å². The third-order valence-electron chi connectivity index (χ3n) is 3.79. The first-order valence-electron chi connectivity index (χ1n) is 7.88. The third-order valence-corrected chi connectivity index (χ3v) is 3.79. The Morgan fingerprint density at radius 1 is 1.42 bits per heavy atom. The summed E-state index contributed by atoms with van der Waals surface area (Å²) in [7, 11) is 1.77. The summed E-state index contributed by atoms with van der Waals surface area (Å²) in [6.07, 6.45) is 4.77. The first kappa shape index (κ1) is 17.5. The van der Waals surface area contributed by atoms with Crippen molar-refractivity contribution >= 4 is 23.3 Å². The van der Waals surface area contributed by atoms with Crippen molar-refractivity contribution in [2.75, 3.05) is 12.3 Å². The Hall–Kier alpha value is -2.83. The number of rotatable bonds is 6. The highest BCUT2D eigenvalue weighted by atomic mass is 15.3. The Bertz CT molecular complexity index is 786. The minimum Gasteiger partial charge on any atom is -0.383 e. The van der Waals surface area contributed by atoms with Gasteiger partial charge in [0.2, 0.25) is 0 Å². The van der Waals surface area contributed by atoms with Crippen LogP contribution in [0.15, 0.2) is 17.6 Å². The molecule has 24 heavy (non-hydrogen) atoms. The highest BCUT2D eigenvalue weighted by molar-refractivity contribution is 6.06. The molecule has 0 atom stereocenters. The first-order valence-corrected chi connectivity index (χ1v) is 7.88. The highest BCUT2D eigenvalue weighted by Gasteiger charge is 2.18. The molecule has 0 saturated heterocycles. The maximum Gasteiger partial charge on any atom is 0.133 e. The number of hydrogen-bond donors (Lipinski definition) is 3. The Morgan fingerprint density at radius 2 is 2.12 bits per heavy atom. The Morgan fingerprint density at radius 3 is 2.71 bits per heavy atom. The number of aromatic amines is 1. The maximum atomic E-state index is 6.11. The van der Waals surface area contributed by atoms with Gasteiger partial charge in [0, 0.05) is 24.8 Å². The van der Waals surface area contributed by atoms with Gasteiger partial charge < -0.3 is 11.5 Å². The van der Waals surface area contributed by atoms with E-state index < -0.39 is 0 Å². The van der Waals surface area contributed by atoms with Crippen LogP contribution >= 0.6 is 0 Å². The van der Waals surface area contributed by atoms with Gasteiger partial charge in [0.1, 0.15) is 17.3 Å². The van der Waals surface area contributed by atoms with Gasteiger partial charge in [0.05, 0.1) is 11.3 Å². The number of aromatic nitrogens is 4. The Labute approximate surface area is 142 Å². The number of H-pyrrole nitrogens is 1. The number of amidine groups is 1. The van der Waals surface area contributed by atoms with E-state index in [9.17, 15) is 0 Å². The zero-order valence-corrected chi connectivity index (χ0v) is 14.7. The average molecular weight is 327 g/mol. The number of aliphatic imine (C=N–C) groups is 1. The number of allylic oxidation sites excluding steroid dienone is 2. The van der Waals surface area contributed by atoms with Crippen LogP contribution in [0.25, 0.3) is 11.6 Å². The van der Waals surface area contributed by atoms with Crippen LogP contribution in [0.3, 0.4) is 0 Å². The van der Waals surface area contributed by atoms with Crippen molar-refractivity contribution in [2.24, 2.45) is 17.8 Å². The van der Waals surface area contributed by atoms with Crippen molar-refractivity contribution in [1.29, 1.82) is 0 Å². The molecule has 0 aromatic carbocycles. The average Bonchev–Trinajstić information content (AvgIpc) is 3.03. The van der Waals surface area contributed by atoms with Crippen molar-refractivity contribution in [2.45, 2.75) is 27.2 Å². The smallest absolute Gasteiger partial charge is 0.133 e. The SMILES string of the molecule is C=C(/C=C\c1c(C)n[nH]c1C)c1nn(C)c(N)c1/C(N)=N\CCC. The lowest BCUT2D eigenvalue weighted by Crippen LogP contribution is -2.17. The molecule has 0 aliphatic heterocycles. The molecule has 0 spiro atoms. The summed E-state index contributed by atoms with van der Waals surface area (Å²) in [5.74, 6) is 0.871. The van der Waals surface area contributed by atoms with Gasteiger partial charge in [-0.05, 0) is 25.8 Å². The molecule has 0 aliphatic rings. The normalized spacial score (nSPS) is 12.2. The highest BCUT2D eigenvalue weighted by Crippen LogP contribution is 2.24. The van der Waals surface area contributed by atoms with Crippen LogP contribution in [0, 0.1) is 13.8 Å². The van der Waals surface area contributed by atoms with Crippen LogP contribution in [0.4, 0.5) is 5.82 Å². The molecule has 5 N–H and O–H groups in total. The maximum absolute atomic E-state index is 6.11. The lowest BCUT2D eigenvalue weighted by Gasteiger charge is -2.04. The van der Waals surface area contributed by atoms with Crippen molar-refractivity contribution in [3.05, 3.63) is 40.9 Å². The third kappa shape index (κ3) is 3.40. The molecule has 2 aromatic heterocycles. The number of nitrogens with two attached hydrogens (primary N) is 2. The largest absolute Gasteiger partial charge is 0.383 e. The van der Waals surface area contributed by atoms with Crippen LogP contribution in [0.5, 0.6) is 0 Å². The van der Waals surface area contributed by atoms with Gasteiger partial charge in [0.15, 0.2) is 0 Å². The fraction of sp³-hybridized carbons (Fsp3) is 0.353. The van der Waals surface area contributed by atoms with Gasteiger partial charge >= 0.3 is 0 Å². The molecular weight excluding hydrogens is 302 g/mol. The Balaban J connectivity index is 2.38. The van der Waals surface area contributed by atoms with Crippen molar-refractivity contribution in [1.82, 2.24) is 20.0 Å². The number of nitrogens with one attached hydrogen (secondary N) is 1. The van der Waals surface area contributed by atoms with Gasteiger partial charge in [-0.1, -0.05) is 25.7 Å². The van der Waals surface area contributed by atoms with Crippen molar-refractivity contribution in [3.8, 4) is 0 Å². The quantitative estimate of drug-likeness (QED) is 0.429. The summed E-state index contributed by atoms with van der Waals surface area (Å²) >= 11 is 0. The molecule has 0 radical (unpaired) electrons. The predicted molar refractivity (Wildman–Crippen MR) is 99.6 cm³/mol. The molecule has 0 saturated carbocycles. The number of hydrogen-bond acceptors (Lipinski definition) is 4. The molecule has 0 amide bonds.